The minimum atomic E-state index is -2.58. The Labute approximate surface area is 116 Å². The highest BCUT2D eigenvalue weighted by atomic mass is 19.3. The van der Waals surface area contributed by atoms with Gasteiger partial charge >= 0.3 is 0 Å². The Morgan fingerprint density at radius 3 is 2.70 bits per heavy atom. The summed E-state index contributed by atoms with van der Waals surface area (Å²) >= 11 is 0. The van der Waals surface area contributed by atoms with Gasteiger partial charge in [-0.15, -0.1) is 0 Å². The molecule has 0 aliphatic carbocycles. The molecule has 3 N–H and O–H groups in total. The van der Waals surface area contributed by atoms with Crippen LogP contribution in [0.15, 0.2) is 42.5 Å². The Kier molecular flexibility index (Phi) is 4.53. The summed E-state index contributed by atoms with van der Waals surface area (Å²) < 4.78 is 31.0. The van der Waals surface area contributed by atoms with Gasteiger partial charge in [0.1, 0.15) is 0 Å². The van der Waals surface area contributed by atoms with E-state index >= 15 is 0 Å². The summed E-state index contributed by atoms with van der Waals surface area (Å²) in [6.07, 6.45) is -2.58. The first kappa shape index (κ1) is 14.3. The van der Waals surface area contributed by atoms with Crippen molar-refractivity contribution in [3.63, 3.8) is 0 Å². The minimum Gasteiger partial charge on any atom is -0.399 e. The first-order valence-electron chi connectivity index (χ1n) is 6.12. The fourth-order valence-corrected chi connectivity index (χ4v) is 1.94. The summed E-state index contributed by atoms with van der Waals surface area (Å²) in [4.78, 5) is 0. The smallest absolute Gasteiger partial charge is 0.265 e. The second-order valence-corrected chi connectivity index (χ2v) is 4.41. The maximum Gasteiger partial charge on any atom is 0.265 e. The highest BCUT2D eigenvalue weighted by Crippen LogP contribution is 2.31. The van der Waals surface area contributed by atoms with Crippen LogP contribution >= 0.6 is 0 Å². The Bertz CT molecular complexity index is 588. The minimum absolute atomic E-state index is 0.109. The van der Waals surface area contributed by atoms with Crippen molar-refractivity contribution in [2.24, 2.45) is 0 Å². The van der Waals surface area contributed by atoms with Gasteiger partial charge in [-0.25, -0.2) is 8.78 Å². The predicted octanol–water partition coefficient (Wildman–Crippen LogP) is 4.10. The molecule has 2 aromatic carbocycles. The molecular formula is C15H16F2N2O. The van der Waals surface area contributed by atoms with Crippen molar-refractivity contribution in [2.45, 2.75) is 13.0 Å². The predicted molar refractivity (Wildman–Crippen MR) is 76.2 cm³/mol. The lowest BCUT2D eigenvalue weighted by Crippen LogP contribution is -1.99. The molecule has 0 aliphatic heterocycles. The molecular weight excluding hydrogens is 262 g/mol. The Morgan fingerprint density at radius 1 is 1.20 bits per heavy atom. The monoisotopic (exact) mass is 278 g/mol. The molecule has 2 aromatic rings. The fourth-order valence-electron chi connectivity index (χ4n) is 1.94. The molecule has 0 fully saturated rings. The highest BCUT2D eigenvalue weighted by Gasteiger charge is 2.13. The number of rotatable bonds is 5. The third-order valence-corrected chi connectivity index (χ3v) is 2.83. The van der Waals surface area contributed by atoms with E-state index in [1.807, 2.05) is 24.3 Å². The van der Waals surface area contributed by atoms with Gasteiger partial charge in [0, 0.05) is 29.7 Å². The second-order valence-electron chi connectivity index (χ2n) is 4.41. The number of nitrogens with one attached hydrogen (secondary N) is 1. The van der Waals surface area contributed by atoms with E-state index in [9.17, 15) is 8.78 Å². The molecule has 0 spiro atoms. The Balaban J connectivity index is 2.27. The van der Waals surface area contributed by atoms with Crippen molar-refractivity contribution < 1.29 is 13.5 Å². The summed E-state index contributed by atoms with van der Waals surface area (Å²) in [6.45, 7) is 0.471. The lowest BCUT2D eigenvalue weighted by atomic mass is 10.1. The van der Waals surface area contributed by atoms with Crippen LogP contribution in [0, 0.1) is 0 Å². The topological polar surface area (TPSA) is 47.3 Å². The van der Waals surface area contributed by atoms with Gasteiger partial charge in [0.25, 0.3) is 6.43 Å². The number of hydrogen-bond donors (Lipinski definition) is 2. The van der Waals surface area contributed by atoms with Gasteiger partial charge in [0.05, 0.1) is 6.61 Å². The number of methoxy groups -OCH3 is 1. The Hall–Kier alpha value is -2.14. The molecule has 0 heterocycles. The van der Waals surface area contributed by atoms with Gasteiger partial charge < -0.3 is 15.8 Å². The molecule has 0 amide bonds. The fraction of sp³-hybridized carbons (Fsp3) is 0.200. The van der Waals surface area contributed by atoms with Crippen LogP contribution in [0.3, 0.4) is 0 Å². The van der Waals surface area contributed by atoms with Gasteiger partial charge in [0.15, 0.2) is 0 Å². The number of alkyl halides is 2. The van der Waals surface area contributed by atoms with Crippen molar-refractivity contribution >= 4 is 17.1 Å². The van der Waals surface area contributed by atoms with E-state index in [0.717, 1.165) is 11.3 Å². The SMILES string of the molecule is COCc1cccc(Nc2ccc(N)cc2C(F)F)c1. The van der Waals surface area contributed by atoms with Crippen LogP contribution in [0.5, 0.6) is 0 Å². The molecule has 0 atom stereocenters. The van der Waals surface area contributed by atoms with Crippen molar-refractivity contribution in [1.82, 2.24) is 0 Å². The first-order chi connectivity index (χ1) is 9.60. The number of benzene rings is 2. The van der Waals surface area contributed by atoms with Crippen LogP contribution in [-0.4, -0.2) is 7.11 Å². The molecule has 20 heavy (non-hydrogen) atoms. The average molecular weight is 278 g/mol. The summed E-state index contributed by atoms with van der Waals surface area (Å²) in [7, 11) is 1.61. The molecule has 106 valence electrons. The number of hydrogen-bond acceptors (Lipinski definition) is 3. The van der Waals surface area contributed by atoms with Crippen LogP contribution in [0.2, 0.25) is 0 Å². The largest absolute Gasteiger partial charge is 0.399 e. The van der Waals surface area contributed by atoms with Crippen LogP contribution in [0.4, 0.5) is 25.8 Å². The second kappa shape index (κ2) is 6.34. The average Bonchev–Trinajstić information content (AvgIpc) is 2.41. The molecule has 3 nitrogen and oxygen atoms in total. The van der Waals surface area contributed by atoms with E-state index in [2.05, 4.69) is 5.32 Å². The van der Waals surface area contributed by atoms with Crippen molar-refractivity contribution in [2.75, 3.05) is 18.2 Å². The highest BCUT2D eigenvalue weighted by molar-refractivity contribution is 5.66. The van der Waals surface area contributed by atoms with E-state index in [-0.39, 0.29) is 5.56 Å². The van der Waals surface area contributed by atoms with E-state index in [1.54, 1.807) is 19.2 Å². The zero-order valence-electron chi connectivity index (χ0n) is 11.1. The number of nitrogens with two attached hydrogens (primary N) is 1. The van der Waals surface area contributed by atoms with E-state index in [0.29, 0.717) is 18.0 Å². The van der Waals surface area contributed by atoms with Crippen molar-refractivity contribution in [3.8, 4) is 0 Å². The lowest BCUT2D eigenvalue weighted by molar-refractivity contribution is 0.152. The van der Waals surface area contributed by atoms with Crippen molar-refractivity contribution in [1.29, 1.82) is 0 Å². The maximum atomic E-state index is 13.0. The van der Waals surface area contributed by atoms with Crippen molar-refractivity contribution in [3.05, 3.63) is 53.6 Å². The van der Waals surface area contributed by atoms with Gasteiger partial charge in [-0.05, 0) is 35.9 Å². The summed E-state index contributed by atoms with van der Waals surface area (Å²) in [5, 5.41) is 2.99. The molecule has 0 saturated carbocycles. The number of halogens is 2. The van der Waals surface area contributed by atoms with E-state index in [1.165, 1.54) is 6.07 Å². The number of ether oxygens (including phenoxy) is 1. The first-order valence-corrected chi connectivity index (χ1v) is 6.12. The quantitative estimate of drug-likeness (QED) is 0.810. The van der Waals surface area contributed by atoms with Gasteiger partial charge in [-0.3, -0.25) is 0 Å². The van der Waals surface area contributed by atoms with Crippen LogP contribution in [0.25, 0.3) is 0 Å². The molecule has 2 rings (SSSR count). The molecule has 0 radical (unpaired) electrons. The van der Waals surface area contributed by atoms with E-state index < -0.39 is 6.43 Å². The zero-order valence-corrected chi connectivity index (χ0v) is 11.1. The zero-order chi connectivity index (χ0) is 14.5. The number of anilines is 3. The third kappa shape index (κ3) is 3.45. The van der Waals surface area contributed by atoms with Crippen LogP contribution in [-0.2, 0) is 11.3 Å². The third-order valence-electron chi connectivity index (χ3n) is 2.83. The summed E-state index contributed by atoms with van der Waals surface area (Å²) in [5.74, 6) is 0. The molecule has 0 unspecified atom stereocenters. The summed E-state index contributed by atoms with van der Waals surface area (Å²) in [5.41, 5.74) is 7.80. The van der Waals surface area contributed by atoms with Crippen LogP contribution in [0.1, 0.15) is 17.6 Å². The van der Waals surface area contributed by atoms with Gasteiger partial charge in [0.2, 0.25) is 0 Å². The van der Waals surface area contributed by atoms with Gasteiger partial charge in [-0.2, -0.15) is 0 Å². The molecule has 0 saturated heterocycles. The van der Waals surface area contributed by atoms with Gasteiger partial charge in [-0.1, -0.05) is 12.1 Å². The maximum absolute atomic E-state index is 13.0. The Morgan fingerprint density at radius 2 is 2.00 bits per heavy atom. The standard InChI is InChI=1S/C15H16F2N2O/c1-20-9-10-3-2-4-12(7-10)19-14-6-5-11(18)8-13(14)15(16)17/h2-8,15,19H,9,18H2,1H3. The molecule has 5 heteroatoms. The van der Waals surface area contributed by atoms with E-state index in [4.69, 9.17) is 10.5 Å². The molecule has 0 aliphatic rings. The molecule has 0 bridgehead atoms. The molecule has 0 aromatic heterocycles. The lowest BCUT2D eigenvalue weighted by Gasteiger charge is -2.13. The summed E-state index contributed by atoms with van der Waals surface area (Å²) in [6, 6.07) is 11.8. The van der Waals surface area contributed by atoms with Crippen LogP contribution < -0.4 is 11.1 Å². The number of nitrogen functional groups attached to an aromatic ring is 1. The normalized spacial score (nSPS) is 10.8.